The molecule has 0 aliphatic heterocycles. The van der Waals surface area contributed by atoms with Crippen molar-refractivity contribution in [1.82, 2.24) is 10.2 Å². The molecule has 62 valence electrons. The van der Waals surface area contributed by atoms with Gasteiger partial charge in [0, 0.05) is 5.39 Å². The summed E-state index contributed by atoms with van der Waals surface area (Å²) in [5.41, 5.74) is 1.11. The molecule has 0 radical (unpaired) electrons. The van der Waals surface area contributed by atoms with Gasteiger partial charge in [-0.05, 0) is 17.4 Å². The Kier molecular flexibility index (Phi) is 1.81. The maximum atomic E-state index is 4.14. The van der Waals surface area contributed by atoms with Crippen molar-refractivity contribution in [2.45, 2.75) is 19.8 Å². The molecule has 0 aromatic carbocycles. The molecular formula is C9H10N2S. The third-order valence-electron chi connectivity index (χ3n) is 1.86. The number of aromatic nitrogens is 2. The lowest BCUT2D eigenvalue weighted by Gasteiger charge is -2.02. The maximum Gasteiger partial charge on any atom is 0.0743 e. The minimum absolute atomic E-state index is 0.454. The predicted molar refractivity (Wildman–Crippen MR) is 51.5 cm³/mol. The zero-order valence-corrected chi connectivity index (χ0v) is 7.93. The molecule has 0 aliphatic rings. The third-order valence-corrected chi connectivity index (χ3v) is 2.71. The molecule has 0 N–H and O–H groups in total. The molecule has 0 atom stereocenters. The van der Waals surface area contributed by atoms with E-state index in [1.807, 2.05) is 6.20 Å². The van der Waals surface area contributed by atoms with Gasteiger partial charge in [-0.1, -0.05) is 13.8 Å². The smallest absolute Gasteiger partial charge is 0.0743 e. The van der Waals surface area contributed by atoms with Gasteiger partial charge in [-0.15, -0.1) is 11.3 Å². The number of hydrogen-bond acceptors (Lipinski definition) is 3. The quantitative estimate of drug-likeness (QED) is 0.671. The summed E-state index contributed by atoms with van der Waals surface area (Å²) >= 11 is 1.72. The van der Waals surface area contributed by atoms with E-state index in [0.29, 0.717) is 5.92 Å². The zero-order valence-electron chi connectivity index (χ0n) is 7.11. The van der Waals surface area contributed by atoms with Crippen LogP contribution >= 0.6 is 11.3 Å². The van der Waals surface area contributed by atoms with Crippen LogP contribution in [0.2, 0.25) is 0 Å². The molecule has 0 aliphatic carbocycles. The van der Waals surface area contributed by atoms with Gasteiger partial charge in [-0.25, -0.2) is 0 Å². The van der Waals surface area contributed by atoms with E-state index in [9.17, 15) is 0 Å². The van der Waals surface area contributed by atoms with Crippen LogP contribution in [-0.2, 0) is 0 Å². The summed E-state index contributed by atoms with van der Waals surface area (Å²) in [5, 5.41) is 11.4. The Morgan fingerprint density at radius 3 is 3.00 bits per heavy atom. The van der Waals surface area contributed by atoms with Crippen LogP contribution in [0.1, 0.15) is 25.5 Å². The van der Waals surface area contributed by atoms with E-state index < -0.39 is 0 Å². The molecule has 0 saturated heterocycles. The molecule has 0 fully saturated rings. The largest absolute Gasteiger partial charge is 0.157 e. The van der Waals surface area contributed by atoms with Gasteiger partial charge in [0.15, 0.2) is 0 Å². The van der Waals surface area contributed by atoms with Crippen molar-refractivity contribution in [2.75, 3.05) is 0 Å². The highest BCUT2D eigenvalue weighted by atomic mass is 32.1. The second-order valence-electron chi connectivity index (χ2n) is 3.08. The molecule has 2 aromatic heterocycles. The molecule has 0 bridgehead atoms. The average Bonchev–Trinajstić information content (AvgIpc) is 2.49. The predicted octanol–water partition coefficient (Wildman–Crippen LogP) is 2.81. The van der Waals surface area contributed by atoms with Crippen molar-refractivity contribution in [3.8, 4) is 0 Å². The van der Waals surface area contributed by atoms with Crippen molar-refractivity contribution in [3.05, 3.63) is 23.3 Å². The highest BCUT2D eigenvalue weighted by Gasteiger charge is 2.07. The Morgan fingerprint density at radius 2 is 2.25 bits per heavy atom. The Balaban J connectivity index is 2.73. The first kappa shape index (κ1) is 7.68. The fourth-order valence-electron chi connectivity index (χ4n) is 1.26. The molecule has 2 aromatic rings. The number of fused-ring (bicyclic) bond motifs is 1. The molecule has 0 saturated carbocycles. The topological polar surface area (TPSA) is 25.8 Å². The highest BCUT2D eigenvalue weighted by Crippen LogP contribution is 2.25. The fourth-order valence-corrected chi connectivity index (χ4v) is 2.01. The van der Waals surface area contributed by atoms with Gasteiger partial charge in [0.2, 0.25) is 0 Å². The van der Waals surface area contributed by atoms with Gasteiger partial charge < -0.3 is 0 Å². The Bertz CT molecular complexity index is 392. The first-order chi connectivity index (χ1) is 5.79. The Morgan fingerprint density at radius 1 is 1.42 bits per heavy atom. The van der Waals surface area contributed by atoms with E-state index in [-0.39, 0.29) is 0 Å². The van der Waals surface area contributed by atoms with E-state index >= 15 is 0 Å². The van der Waals surface area contributed by atoms with E-state index in [1.165, 1.54) is 10.1 Å². The zero-order chi connectivity index (χ0) is 8.55. The summed E-state index contributed by atoms with van der Waals surface area (Å²) in [6.07, 6.45) is 1.83. The summed E-state index contributed by atoms with van der Waals surface area (Å²) in [5.74, 6) is 0.454. The van der Waals surface area contributed by atoms with Crippen LogP contribution in [0.25, 0.3) is 10.1 Å². The lowest BCUT2D eigenvalue weighted by Crippen LogP contribution is -1.94. The molecule has 2 heterocycles. The second-order valence-corrected chi connectivity index (χ2v) is 4.03. The van der Waals surface area contributed by atoms with Gasteiger partial charge in [-0.2, -0.15) is 10.2 Å². The van der Waals surface area contributed by atoms with Gasteiger partial charge in [0.1, 0.15) is 0 Å². The normalized spacial score (nSPS) is 11.2. The maximum absolute atomic E-state index is 4.14. The summed E-state index contributed by atoms with van der Waals surface area (Å²) < 4.78 is 1.23. The monoisotopic (exact) mass is 178 g/mol. The first-order valence-corrected chi connectivity index (χ1v) is 4.86. The lowest BCUT2D eigenvalue weighted by molar-refractivity contribution is 0.800. The minimum atomic E-state index is 0.454. The summed E-state index contributed by atoms with van der Waals surface area (Å²) in [7, 11) is 0. The van der Waals surface area contributed by atoms with Crippen molar-refractivity contribution < 1.29 is 0 Å². The van der Waals surface area contributed by atoms with Gasteiger partial charge in [-0.3, -0.25) is 0 Å². The molecule has 12 heavy (non-hydrogen) atoms. The van der Waals surface area contributed by atoms with Crippen LogP contribution in [0.3, 0.4) is 0 Å². The van der Waals surface area contributed by atoms with Gasteiger partial charge in [0.25, 0.3) is 0 Å². The molecule has 3 heteroatoms. The van der Waals surface area contributed by atoms with Crippen LogP contribution in [0.4, 0.5) is 0 Å². The Labute approximate surface area is 75.3 Å². The SMILES string of the molecule is CC(C)c1nncc2sccc12. The van der Waals surface area contributed by atoms with Crippen molar-refractivity contribution >= 4 is 21.4 Å². The van der Waals surface area contributed by atoms with Crippen LogP contribution < -0.4 is 0 Å². The van der Waals surface area contributed by atoms with Crippen molar-refractivity contribution in [1.29, 1.82) is 0 Å². The van der Waals surface area contributed by atoms with Crippen molar-refractivity contribution in [2.24, 2.45) is 0 Å². The van der Waals surface area contributed by atoms with Crippen LogP contribution in [0.15, 0.2) is 17.6 Å². The summed E-state index contributed by atoms with van der Waals surface area (Å²) in [6.45, 7) is 4.28. The van der Waals surface area contributed by atoms with Gasteiger partial charge >= 0.3 is 0 Å². The van der Waals surface area contributed by atoms with E-state index in [1.54, 1.807) is 11.3 Å². The fraction of sp³-hybridized carbons (Fsp3) is 0.333. The molecule has 0 amide bonds. The molecule has 0 unspecified atom stereocenters. The third kappa shape index (κ3) is 1.10. The van der Waals surface area contributed by atoms with E-state index in [2.05, 4.69) is 35.5 Å². The Hall–Kier alpha value is -0.960. The standard InChI is InChI=1S/C9H10N2S/c1-6(2)9-7-3-4-12-8(7)5-10-11-9/h3-6H,1-2H3. The minimum Gasteiger partial charge on any atom is -0.157 e. The van der Waals surface area contributed by atoms with Crippen molar-refractivity contribution in [3.63, 3.8) is 0 Å². The molecule has 2 rings (SSSR count). The van der Waals surface area contributed by atoms with E-state index in [4.69, 9.17) is 0 Å². The molecule has 0 spiro atoms. The van der Waals surface area contributed by atoms with Crippen LogP contribution in [0, 0.1) is 0 Å². The van der Waals surface area contributed by atoms with Crippen LogP contribution in [0.5, 0.6) is 0 Å². The number of hydrogen-bond donors (Lipinski definition) is 0. The summed E-state index contributed by atoms with van der Waals surface area (Å²) in [4.78, 5) is 0. The summed E-state index contributed by atoms with van der Waals surface area (Å²) in [6, 6.07) is 2.12. The number of thiophene rings is 1. The average molecular weight is 178 g/mol. The molecule has 2 nitrogen and oxygen atoms in total. The number of nitrogens with zero attached hydrogens (tertiary/aromatic N) is 2. The highest BCUT2D eigenvalue weighted by molar-refractivity contribution is 7.17. The lowest BCUT2D eigenvalue weighted by atomic mass is 10.1. The van der Waals surface area contributed by atoms with E-state index in [0.717, 1.165) is 5.69 Å². The molecular weight excluding hydrogens is 168 g/mol. The second kappa shape index (κ2) is 2.83. The first-order valence-electron chi connectivity index (χ1n) is 3.98. The van der Waals surface area contributed by atoms with Crippen LogP contribution in [-0.4, -0.2) is 10.2 Å². The van der Waals surface area contributed by atoms with Gasteiger partial charge in [0.05, 0.1) is 16.6 Å². The number of rotatable bonds is 1.